The van der Waals surface area contributed by atoms with Gasteiger partial charge in [0.25, 0.3) is 0 Å². The Bertz CT molecular complexity index is 776. The largest absolute Gasteiger partial charge is 0.496 e. The topological polar surface area (TPSA) is 75.6 Å². The third-order valence-corrected chi connectivity index (χ3v) is 5.14. The van der Waals surface area contributed by atoms with Crippen LogP contribution < -0.4 is 10.1 Å². The van der Waals surface area contributed by atoms with E-state index >= 15 is 0 Å². The first-order valence-corrected chi connectivity index (χ1v) is 9.95. The first-order chi connectivity index (χ1) is 12.9. The van der Waals surface area contributed by atoms with E-state index in [4.69, 9.17) is 4.74 Å². The summed E-state index contributed by atoms with van der Waals surface area (Å²) in [6, 6.07) is 14.6. The molecule has 0 aromatic heterocycles. The predicted octanol–water partition coefficient (Wildman–Crippen LogP) is 4.24. The van der Waals surface area contributed by atoms with Crippen LogP contribution in [-0.4, -0.2) is 30.3 Å². The Hall–Kier alpha value is -2.47. The number of carboxylic acid groups (broad SMARTS) is 1. The molecule has 0 spiro atoms. The number of hydrogen-bond acceptors (Lipinski definition) is 4. The van der Waals surface area contributed by atoms with Crippen LogP contribution >= 0.6 is 11.8 Å². The normalized spacial score (nSPS) is 12.9. The lowest BCUT2D eigenvalue weighted by Crippen LogP contribution is -2.31. The molecule has 2 N–H and O–H groups in total. The maximum Gasteiger partial charge on any atom is 0.305 e. The summed E-state index contributed by atoms with van der Waals surface area (Å²) in [5.74, 6) is -0.446. The fourth-order valence-corrected chi connectivity index (χ4v) is 3.39. The number of amides is 1. The predicted molar refractivity (Wildman–Crippen MR) is 107 cm³/mol. The van der Waals surface area contributed by atoms with Crippen molar-refractivity contribution in [1.82, 2.24) is 5.32 Å². The van der Waals surface area contributed by atoms with E-state index in [-0.39, 0.29) is 24.7 Å². The van der Waals surface area contributed by atoms with Crippen LogP contribution in [0.15, 0.2) is 53.4 Å². The van der Waals surface area contributed by atoms with Crippen molar-refractivity contribution in [2.75, 3.05) is 13.4 Å². The Kier molecular flexibility index (Phi) is 7.73. The van der Waals surface area contributed by atoms with Crippen molar-refractivity contribution >= 4 is 23.6 Å². The average molecular weight is 388 g/mol. The molecule has 0 saturated heterocycles. The highest BCUT2D eigenvalue weighted by Crippen LogP contribution is 2.29. The number of para-hydroxylation sites is 1. The molecule has 2 unspecified atom stereocenters. The molecule has 0 saturated carbocycles. The van der Waals surface area contributed by atoms with Gasteiger partial charge in [-0.15, -0.1) is 11.8 Å². The Morgan fingerprint density at radius 3 is 2.37 bits per heavy atom. The zero-order chi connectivity index (χ0) is 19.8. The van der Waals surface area contributed by atoms with Gasteiger partial charge in [0.2, 0.25) is 5.91 Å². The molecule has 2 rings (SSSR count). The first-order valence-electron chi connectivity index (χ1n) is 8.72. The van der Waals surface area contributed by atoms with Crippen molar-refractivity contribution in [3.05, 3.63) is 59.7 Å². The number of benzene rings is 2. The summed E-state index contributed by atoms with van der Waals surface area (Å²) < 4.78 is 5.36. The van der Waals surface area contributed by atoms with Gasteiger partial charge < -0.3 is 15.2 Å². The SMILES string of the molecule is COc1ccccc1C(C)CC(=O)NC(CC(=O)O)c1ccc(SC)cc1. The van der Waals surface area contributed by atoms with E-state index in [0.717, 1.165) is 21.8 Å². The Morgan fingerprint density at radius 2 is 1.78 bits per heavy atom. The van der Waals surface area contributed by atoms with Gasteiger partial charge in [0.05, 0.1) is 19.6 Å². The number of carbonyl (C=O) groups excluding carboxylic acids is 1. The smallest absolute Gasteiger partial charge is 0.305 e. The molecule has 0 heterocycles. The van der Waals surface area contributed by atoms with Gasteiger partial charge in [0.1, 0.15) is 5.75 Å². The molecule has 2 aromatic rings. The van der Waals surface area contributed by atoms with E-state index in [1.165, 1.54) is 0 Å². The Morgan fingerprint density at radius 1 is 1.11 bits per heavy atom. The van der Waals surface area contributed by atoms with Gasteiger partial charge in [0, 0.05) is 11.3 Å². The number of methoxy groups -OCH3 is 1. The minimum Gasteiger partial charge on any atom is -0.496 e. The van der Waals surface area contributed by atoms with E-state index in [9.17, 15) is 14.7 Å². The summed E-state index contributed by atoms with van der Waals surface area (Å²) in [7, 11) is 1.60. The second-order valence-electron chi connectivity index (χ2n) is 6.34. The van der Waals surface area contributed by atoms with Crippen molar-refractivity contribution in [2.24, 2.45) is 0 Å². The van der Waals surface area contributed by atoms with E-state index < -0.39 is 12.0 Å². The van der Waals surface area contributed by atoms with Crippen molar-refractivity contribution in [3.63, 3.8) is 0 Å². The van der Waals surface area contributed by atoms with Crippen LogP contribution in [0.4, 0.5) is 0 Å². The van der Waals surface area contributed by atoms with Crippen LogP contribution in [-0.2, 0) is 9.59 Å². The van der Waals surface area contributed by atoms with Crippen LogP contribution in [0.1, 0.15) is 42.9 Å². The zero-order valence-electron chi connectivity index (χ0n) is 15.8. The van der Waals surface area contributed by atoms with Gasteiger partial charge >= 0.3 is 5.97 Å². The highest BCUT2D eigenvalue weighted by molar-refractivity contribution is 7.98. The van der Waals surface area contributed by atoms with Gasteiger partial charge in [0.15, 0.2) is 0 Å². The lowest BCUT2D eigenvalue weighted by Gasteiger charge is -2.20. The second-order valence-corrected chi connectivity index (χ2v) is 7.22. The van der Waals surface area contributed by atoms with Gasteiger partial charge in [-0.05, 0) is 41.5 Å². The number of rotatable bonds is 9. The molecular formula is C21H25NO4S. The number of nitrogens with one attached hydrogen (secondary N) is 1. The standard InChI is InChI=1S/C21H25NO4S/c1-14(17-6-4-5-7-19(17)26-2)12-20(23)22-18(13-21(24)25)15-8-10-16(27-3)11-9-15/h4-11,14,18H,12-13H2,1-3H3,(H,22,23)(H,24,25). The summed E-state index contributed by atoms with van der Waals surface area (Å²) in [5, 5.41) is 12.1. The van der Waals surface area contributed by atoms with E-state index in [1.807, 2.05) is 61.7 Å². The van der Waals surface area contributed by atoms with Crippen LogP contribution in [0.3, 0.4) is 0 Å². The fourth-order valence-electron chi connectivity index (χ4n) is 2.98. The molecule has 6 heteroatoms. The summed E-state index contributed by atoms with van der Waals surface area (Å²) in [6.45, 7) is 1.96. The third-order valence-electron chi connectivity index (χ3n) is 4.39. The van der Waals surface area contributed by atoms with Gasteiger partial charge in [-0.2, -0.15) is 0 Å². The highest BCUT2D eigenvalue weighted by Gasteiger charge is 2.21. The van der Waals surface area contributed by atoms with E-state index in [1.54, 1.807) is 18.9 Å². The van der Waals surface area contributed by atoms with Gasteiger partial charge in [-0.1, -0.05) is 37.3 Å². The number of carboxylic acids is 1. The molecule has 0 aliphatic heterocycles. The molecular weight excluding hydrogens is 362 g/mol. The molecule has 0 aliphatic carbocycles. The minimum absolute atomic E-state index is 0.0505. The lowest BCUT2D eigenvalue weighted by molar-refractivity contribution is -0.137. The second kappa shape index (κ2) is 10.0. The molecule has 2 aromatic carbocycles. The van der Waals surface area contributed by atoms with Crippen LogP contribution in [0, 0.1) is 0 Å². The number of thioether (sulfide) groups is 1. The molecule has 2 atom stereocenters. The van der Waals surface area contributed by atoms with Crippen LogP contribution in [0.5, 0.6) is 5.75 Å². The number of carbonyl (C=O) groups is 2. The molecule has 0 radical (unpaired) electrons. The molecule has 0 aliphatic rings. The maximum absolute atomic E-state index is 12.6. The number of ether oxygens (including phenoxy) is 1. The average Bonchev–Trinajstić information content (AvgIpc) is 2.67. The minimum atomic E-state index is -0.952. The summed E-state index contributed by atoms with van der Waals surface area (Å²) in [4.78, 5) is 24.9. The van der Waals surface area contributed by atoms with Gasteiger partial charge in [-0.3, -0.25) is 9.59 Å². The van der Waals surface area contributed by atoms with Crippen molar-refractivity contribution in [2.45, 2.75) is 36.6 Å². The van der Waals surface area contributed by atoms with Crippen LogP contribution in [0.2, 0.25) is 0 Å². The number of aliphatic carboxylic acids is 1. The summed E-state index contributed by atoms with van der Waals surface area (Å²) in [6.07, 6.45) is 2.07. The fraction of sp³-hybridized carbons (Fsp3) is 0.333. The third kappa shape index (κ3) is 6.03. The van der Waals surface area contributed by atoms with E-state index in [2.05, 4.69) is 5.32 Å². The van der Waals surface area contributed by atoms with Gasteiger partial charge in [-0.25, -0.2) is 0 Å². The molecule has 144 valence electrons. The number of hydrogen-bond donors (Lipinski definition) is 2. The summed E-state index contributed by atoms with van der Waals surface area (Å²) in [5.41, 5.74) is 1.74. The Labute approximate surface area is 164 Å². The van der Waals surface area contributed by atoms with Crippen molar-refractivity contribution < 1.29 is 19.4 Å². The zero-order valence-corrected chi connectivity index (χ0v) is 16.6. The quantitative estimate of drug-likeness (QED) is 0.629. The molecule has 0 bridgehead atoms. The van der Waals surface area contributed by atoms with E-state index in [0.29, 0.717) is 0 Å². The maximum atomic E-state index is 12.6. The molecule has 27 heavy (non-hydrogen) atoms. The first kappa shape index (κ1) is 20.8. The molecule has 1 amide bonds. The Balaban J connectivity index is 2.09. The van der Waals surface area contributed by atoms with Crippen molar-refractivity contribution in [3.8, 4) is 5.75 Å². The summed E-state index contributed by atoms with van der Waals surface area (Å²) >= 11 is 1.61. The van der Waals surface area contributed by atoms with Crippen molar-refractivity contribution in [1.29, 1.82) is 0 Å². The molecule has 0 fully saturated rings. The monoisotopic (exact) mass is 387 g/mol. The lowest BCUT2D eigenvalue weighted by atomic mass is 9.95. The highest BCUT2D eigenvalue weighted by atomic mass is 32.2. The molecule has 5 nitrogen and oxygen atoms in total. The van der Waals surface area contributed by atoms with Crippen LogP contribution in [0.25, 0.3) is 0 Å².